The Labute approximate surface area is 441 Å². The molecule has 0 saturated carbocycles. The number of rotatable bonds is 5. The van der Waals surface area contributed by atoms with Crippen LogP contribution in [0.2, 0.25) is 5.76 Å². The third-order valence-electron chi connectivity index (χ3n) is 17.0. The molecule has 6 nitrogen and oxygen atoms in total. The number of fused-ring (bicyclic) bond motifs is 9. The summed E-state index contributed by atoms with van der Waals surface area (Å²) in [5.41, 5.74) is 19.7. The van der Waals surface area contributed by atoms with E-state index in [9.17, 15) is 0 Å². The van der Waals surface area contributed by atoms with Crippen LogP contribution >= 0.6 is 0 Å². The SMILES string of the molecule is Cc1ccc(N2c3cc(-n4c5ccccc5c5ccccc54)cc4[c]3[Ge]3([CH3])[c]5c(cc(-n6c7ccccc7c7ccccc76)cc5N(c5ccc(C)cc5)c5cc(-n6c7ccccc7c7ccccc76)cc2[c]53)O4)cc1. The zero-order valence-electron chi connectivity index (χ0n) is 42.1. The van der Waals surface area contributed by atoms with E-state index in [1.165, 1.54) is 90.4 Å². The Morgan fingerprint density at radius 3 is 0.855 bits per heavy atom. The molecule has 0 radical (unpaired) electrons. The average molecular weight is 1030 g/mol. The van der Waals surface area contributed by atoms with Gasteiger partial charge in [-0.25, -0.2) is 0 Å². The molecule has 358 valence electrons. The maximum absolute atomic E-state index is 7.79. The first-order valence-corrected chi connectivity index (χ1v) is 31.6. The number of aryl methyl sites for hydroxylation is 2. The number of aromatic nitrogens is 3. The second-order valence-electron chi connectivity index (χ2n) is 21.2. The van der Waals surface area contributed by atoms with Gasteiger partial charge in [0.2, 0.25) is 0 Å². The Bertz CT molecular complexity index is 4450. The summed E-state index contributed by atoms with van der Waals surface area (Å²) < 4.78 is 19.3. The van der Waals surface area contributed by atoms with Crippen molar-refractivity contribution in [1.29, 1.82) is 0 Å². The Kier molecular flexibility index (Phi) is 8.42. The van der Waals surface area contributed by atoms with Crippen molar-refractivity contribution in [3.8, 4) is 28.6 Å². The van der Waals surface area contributed by atoms with Crippen LogP contribution in [0.15, 0.2) is 231 Å². The van der Waals surface area contributed by atoms with Gasteiger partial charge in [0.15, 0.2) is 0 Å². The average Bonchev–Trinajstić information content (AvgIpc) is 4.21. The van der Waals surface area contributed by atoms with Gasteiger partial charge in [-0.2, -0.15) is 0 Å². The van der Waals surface area contributed by atoms with E-state index in [4.69, 9.17) is 4.74 Å². The molecule has 3 aliphatic rings. The van der Waals surface area contributed by atoms with Crippen LogP contribution in [0.3, 0.4) is 0 Å². The van der Waals surface area contributed by atoms with Crippen molar-refractivity contribution in [3.05, 3.63) is 242 Å². The Balaban J connectivity index is 1.06. The van der Waals surface area contributed by atoms with Crippen molar-refractivity contribution >= 4 is 126 Å². The summed E-state index contributed by atoms with van der Waals surface area (Å²) in [5, 5.41) is 7.38. The summed E-state index contributed by atoms with van der Waals surface area (Å²) in [6.07, 6.45) is 0. The standard InChI is InChI=1S/C69H47GeN5O/c1-42-28-32-44(33-29-42)71-61-36-46(73-55-22-10-4-16-49(55)50-17-5-11-23-56(50)73)37-62-67(61)70(3)68-63(71)38-47(74-57-24-12-6-18-51(57)52-19-7-13-25-58(52)74)40-65(68)76-66-41-48(39-64(69(66)70)72(62)45-34-30-43(2)31-35-45)75-59-26-14-8-20-53(59)54-21-9-15-27-60(54)75/h4-41H,1-3H3. The summed E-state index contributed by atoms with van der Waals surface area (Å²) in [5.74, 6) is 4.52. The van der Waals surface area contributed by atoms with E-state index in [1.54, 1.807) is 0 Å². The van der Waals surface area contributed by atoms with Crippen molar-refractivity contribution < 1.29 is 4.74 Å². The second kappa shape index (κ2) is 15.2. The van der Waals surface area contributed by atoms with Crippen molar-refractivity contribution in [2.75, 3.05) is 9.80 Å². The summed E-state index contributed by atoms with van der Waals surface area (Å²) >= 11 is -3.89. The van der Waals surface area contributed by atoms with Gasteiger partial charge in [-0.05, 0) is 0 Å². The van der Waals surface area contributed by atoms with E-state index >= 15 is 0 Å². The molecular formula is C69H47GeN5O. The number of anilines is 6. The molecule has 14 aromatic rings. The Morgan fingerprint density at radius 2 is 0.553 bits per heavy atom. The van der Waals surface area contributed by atoms with E-state index < -0.39 is 13.3 Å². The molecular weight excluding hydrogens is 987 g/mol. The predicted molar refractivity (Wildman–Crippen MR) is 319 cm³/mol. The van der Waals surface area contributed by atoms with Gasteiger partial charge >= 0.3 is 444 Å². The van der Waals surface area contributed by atoms with Crippen LogP contribution in [0.4, 0.5) is 34.1 Å². The van der Waals surface area contributed by atoms with Crippen LogP contribution in [0.5, 0.6) is 11.5 Å². The molecule has 0 unspecified atom stereocenters. The molecule has 0 bridgehead atoms. The molecule has 0 aliphatic carbocycles. The first-order valence-electron chi connectivity index (χ1n) is 26.3. The number of benzene rings is 11. The molecule has 0 spiro atoms. The second-order valence-corrected chi connectivity index (χ2v) is 29.1. The van der Waals surface area contributed by atoms with E-state index in [-0.39, 0.29) is 0 Å². The Morgan fingerprint density at radius 1 is 0.289 bits per heavy atom. The zero-order chi connectivity index (χ0) is 50.1. The summed E-state index contributed by atoms with van der Waals surface area (Å²) in [6.45, 7) is 4.36. The van der Waals surface area contributed by atoms with Gasteiger partial charge in [-0.15, -0.1) is 0 Å². The predicted octanol–water partition coefficient (Wildman–Crippen LogP) is 16.4. The van der Waals surface area contributed by atoms with Gasteiger partial charge in [0.25, 0.3) is 0 Å². The van der Waals surface area contributed by atoms with E-state index in [2.05, 4.69) is 274 Å². The van der Waals surface area contributed by atoms with E-state index in [1.807, 2.05) is 0 Å². The molecule has 0 fully saturated rings. The van der Waals surface area contributed by atoms with Crippen molar-refractivity contribution in [3.63, 3.8) is 0 Å². The minimum absolute atomic E-state index is 0.929. The summed E-state index contributed by atoms with van der Waals surface area (Å²) in [6, 6.07) is 86.1. The third-order valence-corrected chi connectivity index (χ3v) is 26.5. The number of hydrogen-bond acceptors (Lipinski definition) is 3. The quantitative estimate of drug-likeness (QED) is 0.161. The number of para-hydroxylation sites is 6. The fourth-order valence-electron chi connectivity index (χ4n) is 13.8. The summed E-state index contributed by atoms with van der Waals surface area (Å²) in [4.78, 5) is 5.16. The monoisotopic (exact) mass is 1040 g/mol. The molecule has 0 atom stereocenters. The number of nitrogens with zero attached hydrogens (tertiary/aromatic N) is 5. The molecule has 6 heterocycles. The molecule has 17 rings (SSSR count). The molecule has 0 N–H and O–H groups in total. The maximum atomic E-state index is 7.79. The molecule has 0 saturated heterocycles. The topological polar surface area (TPSA) is 30.5 Å². The van der Waals surface area contributed by atoms with Crippen LogP contribution in [-0.2, 0) is 0 Å². The van der Waals surface area contributed by atoms with Crippen LogP contribution < -0.4 is 27.7 Å². The third kappa shape index (κ3) is 5.50. The van der Waals surface area contributed by atoms with Gasteiger partial charge < -0.3 is 0 Å². The number of hydrogen-bond donors (Lipinski definition) is 0. The van der Waals surface area contributed by atoms with Gasteiger partial charge in [0.1, 0.15) is 0 Å². The van der Waals surface area contributed by atoms with Gasteiger partial charge in [0, 0.05) is 0 Å². The van der Waals surface area contributed by atoms with Crippen molar-refractivity contribution in [1.82, 2.24) is 13.7 Å². The van der Waals surface area contributed by atoms with Crippen molar-refractivity contribution in [2.45, 2.75) is 19.6 Å². The molecule has 3 aromatic heterocycles. The zero-order valence-corrected chi connectivity index (χ0v) is 44.2. The molecule has 0 amide bonds. The fraction of sp³-hybridized carbons (Fsp3) is 0.0435. The first-order chi connectivity index (χ1) is 37.4. The molecule has 76 heavy (non-hydrogen) atoms. The fourth-order valence-corrected chi connectivity index (χ4v) is 23.8. The normalized spacial score (nSPS) is 13.9. The molecule has 3 aliphatic heterocycles. The van der Waals surface area contributed by atoms with Gasteiger partial charge in [0.05, 0.1) is 0 Å². The molecule has 7 heteroatoms. The summed E-state index contributed by atoms with van der Waals surface area (Å²) in [7, 11) is 0. The first kappa shape index (κ1) is 42.2. The van der Waals surface area contributed by atoms with Crippen LogP contribution in [0.25, 0.3) is 82.5 Å². The minimum atomic E-state index is -3.89. The van der Waals surface area contributed by atoms with E-state index in [0.29, 0.717) is 0 Å². The van der Waals surface area contributed by atoms with E-state index in [0.717, 1.165) is 62.0 Å². The van der Waals surface area contributed by atoms with Gasteiger partial charge in [-0.1, -0.05) is 0 Å². The van der Waals surface area contributed by atoms with Crippen LogP contribution in [0, 0.1) is 13.8 Å². The number of ether oxygens (including phenoxy) is 1. The molecule has 11 aromatic carbocycles. The van der Waals surface area contributed by atoms with Crippen LogP contribution in [0.1, 0.15) is 11.1 Å². The Hall–Kier alpha value is -9.24. The van der Waals surface area contributed by atoms with Crippen LogP contribution in [-0.4, -0.2) is 27.0 Å². The van der Waals surface area contributed by atoms with Crippen molar-refractivity contribution in [2.24, 2.45) is 0 Å². The van der Waals surface area contributed by atoms with Gasteiger partial charge in [-0.3, -0.25) is 0 Å².